The van der Waals surface area contributed by atoms with E-state index in [2.05, 4.69) is 22.4 Å². The summed E-state index contributed by atoms with van der Waals surface area (Å²) in [6.45, 7) is 5.13. The molecule has 0 saturated carbocycles. The number of ether oxygens (including phenoxy) is 1. The van der Waals surface area contributed by atoms with E-state index in [9.17, 15) is 0 Å². The Labute approximate surface area is 129 Å². The molecule has 2 aromatic rings. The van der Waals surface area contributed by atoms with Crippen LogP contribution in [0.4, 0.5) is 5.69 Å². The van der Waals surface area contributed by atoms with Gasteiger partial charge in [0.1, 0.15) is 5.75 Å². The van der Waals surface area contributed by atoms with E-state index in [1.165, 1.54) is 0 Å². The van der Waals surface area contributed by atoms with Gasteiger partial charge in [0.15, 0.2) is 5.82 Å². The lowest BCUT2D eigenvalue weighted by Crippen LogP contribution is -2.00. The number of nitrogens with one attached hydrogen (secondary N) is 1. The van der Waals surface area contributed by atoms with Crippen molar-refractivity contribution in [3.8, 4) is 5.75 Å². The third-order valence-corrected chi connectivity index (χ3v) is 3.23. The number of hydrogen-bond acceptors (Lipinski definition) is 5. The molecule has 0 aliphatic carbocycles. The Kier molecular flexibility index (Phi) is 5.87. The van der Waals surface area contributed by atoms with E-state index in [0.29, 0.717) is 29.8 Å². The van der Waals surface area contributed by atoms with Crippen LogP contribution in [0.1, 0.15) is 38.4 Å². The standard InChI is InChI=1S/C15H20ClN3O2/c1-3-5-6-14-18-15(21-19-14)10-17-11-7-8-13(20-4-2)12(16)9-11/h7-9,17H,3-6,10H2,1-2H3. The van der Waals surface area contributed by atoms with Gasteiger partial charge in [-0.2, -0.15) is 4.98 Å². The molecule has 0 amide bonds. The fourth-order valence-corrected chi connectivity index (χ4v) is 2.09. The van der Waals surface area contributed by atoms with Crippen molar-refractivity contribution in [2.45, 2.75) is 39.7 Å². The topological polar surface area (TPSA) is 60.2 Å². The van der Waals surface area contributed by atoms with E-state index in [-0.39, 0.29) is 0 Å². The molecular formula is C15H20ClN3O2. The van der Waals surface area contributed by atoms with E-state index in [1.807, 2.05) is 25.1 Å². The molecule has 5 nitrogen and oxygen atoms in total. The Morgan fingerprint density at radius 1 is 1.33 bits per heavy atom. The van der Waals surface area contributed by atoms with Gasteiger partial charge in [0.2, 0.25) is 5.89 Å². The van der Waals surface area contributed by atoms with Crippen molar-refractivity contribution in [1.29, 1.82) is 0 Å². The smallest absolute Gasteiger partial charge is 0.245 e. The zero-order chi connectivity index (χ0) is 15.1. The van der Waals surface area contributed by atoms with Crippen molar-refractivity contribution in [2.24, 2.45) is 0 Å². The minimum absolute atomic E-state index is 0.476. The highest BCUT2D eigenvalue weighted by Crippen LogP contribution is 2.27. The molecule has 0 fully saturated rings. The van der Waals surface area contributed by atoms with Crippen molar-refractivity contribution in [3.63, 3.8) is 0 Å². The molecule has 0 saturated heterocycles. The molecule has 1 heterocycles. The highest BCUT2D eigenvalue weighted by atomic mass is 35.5. The van der Waals surface area contributed by atoms with E-state index in [1.54, 1.807) is 0 Å². The first-order chi connectivity index (χ1) is 10.2. The summed E-state index contributed by atoms with van der Waals surface area (Å²) in [5.74, 6) is 2.02. The van der Waals surface area contributed by atoms with Gasteiger partial charge in [-0.05, 0) is 31.5 Å². The first-order valence-corrected chi connectivity index (χ1v) is 7.58. The minimum Gasteiger partial charge on any atom is -0.492 e. The summed E-state index contributed by atoms with van der Waals surface area (Å²) in [5, 5.41) is 7.73. The lowest BCUT2D eigenvalue weighted by Gasteiger charge is -2.08. The predicted molar refractivity (Wildman–Crippen MR) is 82.9 cm³/mol. The van der Waals surface area contributed by atoms with Crippen LogP contribution in [0, 0.1) is 0 Å². The summed E-state index contributed by atoms with van der Waals surface area (Å²) in [6.07, 6.45) is 3.04. The van der Waals surface area contributed by atoms with Gasteiger partial charge in [-0.25, -0.2) is 0 Å². The van der Waals surface area contributed by atoms with E-state index >= 15 is 0 Å². The van der Waals surface area contributed by atoms with Crippen LogP contribution in [-0.4, -0.2) is 16.7 Å². The Morgan fingerprint density at radius 2 is 2.19 bits per heavy atom. The van der Waals surface area contributed by atoms with Crippen LogP contribution in [-0.2, 0) is 13.0 Å². The molecule has 21 heavy (non-hydrogen) atoms. The summed E-state index contributed by atoms with van der Waals surface area (Å²) >= 11 is 6.13. The van der Waals surface area contributed by atoms with Gasteiger partial charge in [-0.15, -0.1) is 0 Å². The van der Waals surface area contributed by atoms with Gasteiger partial charge >= 0.3 is 0 Å². The maximum atomic E-state index is 6.13. The molecular weight excluding hydrogens is 290 g/mol. The average molecular weight is 310 g/mol. The van der Waals surface area contributed by atoms with E-state index in [0.717, 1.165) is 30.8 Å². The predicted octanol–water partition coefficient (Wildman–Crippen LogP) is 4.08. The van der Waals surface area contributed by atoms with Crippen LogP contribution >= 0.6 is 11.6 Å². The second-order valence-electron chi connectivity index (χ2n) is 4.64. The zero-order valence-corrected chi connectivity index (χ0v) is 13.1. The van der Waals surface area contributed by atoms with Gasteiger partial charge in [0, 0.05) is 12.1 Å². The molecule has 1 aromatic carbocycles. The summed E-state index contributed by atoms with van der Waals surface area (Å²) in [7, 11) is 0. The summed E-state index contributed by atoms with van der Waals surface area (Å²) in [6, 6.07) is 5.57. The van der Waals surface area contributed by atoms with Crippen molar-refractivity contribution in [2.75, 3.05) is 11.9 Å². The van der Waals surface area contributed by atoms with Crippen LogP contribution in [0.25, 0.3) is 0 Å². The highest BCUT2D eigenvalue weighted by Gasteiger charge is 2.07. The Balaban J connectivity index is 1.90. The number of hydrogen-bond donors (Lipinski definition) is 1. The molecule has 0 unspecified atom stereocenters. The number of aromatic nitrogens is 2. The molecule has 114 valence electrons. The first kappa shape index (κ1) is 15.6. The number of benzene rings is 1. The summed E-state index contributed by atoms with van der Waals surface area (Å²) in [4.78, 5) is 4.33. The number of unbranched alkanes of at least 4 members (excludes halogenated alkanes) is 1. The van der Waals surface area contributed by atoms with Gasteiger partial charge in [0.05, 0.1) is 18.2 Å². The second kappa shape index (κ2) is 7.88. The molecule has 0 radical (unpaired) electrons. The number of anilines is 1. The summed E-state index contributed by atoms with van der Waals surface area (Å²) in [5.41, 5.74) is 0.886. The fraction of sp³-hybridized carbons (Fsp3) is 0.467. The Morgan fingerprint density at radius 3 is 2.90 bits per heavy atom. The fourth-order valence-electron chi connectivity index (χ4n) is 1.86. The van der Waals surface area contributed by atoms with E-state index in [4.69, 9.17) is 20.9 Å². The van der Waals surface area contributed by atoms with Gasteiger partial charge < -0.3 is 14.6 Å². The molecule has 0 aliphatic heterocycles. The van der Waals surface area contributed by atoms with Crippen LogP contribution in [0.5, 0.6) is 5.75 Å². The van der Waals surface area contributed by atoms with Crippen LogP contribution < -0.4 is 10.1 Å². The number of nitrogens with zero attached hydrogens (tertiary/aromatic N) is 2. The first-order valence-electron chi connectivity index (χ1n) is 7.20. The quantitative estimate of drug-likeness (QED) is 0.796. The lowest BCUT2D eigenvalue weighted by molar-refractivity contribution is 0.340. The third-order valence-electron chi connectivity index (χ3n) is 2.94. The molecule has 0 aliphatic rings. The SMILES string of the molecule is CCCCc1noc(CNc2ccc(OCC)c(Cl)c2)n1. The molecule has 0 atom stereocenters. The second-order valence-corrected chi connectivity index (χ2v) is 5.05. The van der Waals surface area contributed by atoms with Gasteiger partial charge in [-0.1, -0.05) is 30.1 Å². The molecule has 2 rings (SSSR count). The van der Waals surface area contributed by atoms with Crippen molar-refractivity contribution >= 4 is 17.3 Å². The van der Waals surface area contributed by atoms with Crippen molar-refractivity contribution in [3.05, 3.63) is 34.9 Å². The largest absolute Gasteiger partial charge is 0.492 e. The lowest BCUT2D eigenvalue weighted by atomic mass is 10.2. The average Bonchev–Trinajstić information content (AvgIpc) is 2.93. The van der Waals surface area contributed by atoms with Crippen molar-refractivity contribution < 1.29 is 9.26 Å². The molecule has 0 spiro atoms. The number of rotatable bonds is 8. The van der Waals surface area contributed by atoms with Crippen molar-refractivity contribution in [1.82, 2.24) is 10.1 Å². The van der Waals surface area contributed by atoms with Crippen LogP contribution in [0.2, 0.25) is 5.02 Å². The Bertz CT molecular complexity index is 572. The van der Waals surface area contributed by atoms with Gasteiger partial charge in [0.25, 0.3) is 0 Å². The third kappa shape index (κ3) is 4.63. The number of halogens is 1. The summed E-state index contributed by atoms with van der Waals surface area (Å²) < 4.78 is 10.6. The minimum atomic E-state index is 0.476. The Hall–Kier alpha value is -1.75. The number of aryl methyl sites for hydroxylation is 1. The highest BCUT2D eigenvalue weighted by molar-refractivity contribution is 6.32. The van der Waals surface area contributed by atoms with E-state index < -0.39 is 0 Å². The molecule has 1 N–H and O–H groups in total. The monoisotopic (exact) mass is 309 g/mol. The molecule has 1 aromatic heterocycles. The van der Waals surface area contributed by atoms with Crippen LogP contribution in [0.15, 0.2) is 22.7 Å². The maximum absolute atomic E-state index is 6.13. The van der Waals surface area contributed by atoms with Crippen LogP contribution in [0.3, 0.4) is 0 Å². The van der Waals surface area contributed by atoms with Gasteiger partial charge in [-0.3, -0.25) is 0 Å². The molecule has 6 heteroatoms. The zero-order valence-electron chi connectivity index (χ0n) is 12.4. The normalized spacial score (nSPS) is 10.6. The molecule has 0 bridgehead atoms. The maximum Gasteiger partial charge on any atom is 0.245 e.